The molecule has 0 atom stereocenters. The molecule has 10 heteroatoms. The van der Waals surface area contributed by atoms with E-state index in [1.54, 1.807) is 0 Å². The molecule has 0 aliphatic heterocycles. The molecule has 0 spiro atoms. The fraction of sp³-hybridized carbons (Fsp3) is 0. The zero-order valence-electron chi connectivity index (χ0n) is 14.7. The number of benzene rings is 4. The van der Waals surface area contributed by atoms with Crippen molar-refractivity contribution in [3.63, 3.8) is 0 Å². The summed E-state index contributed by atoms with van der Waals surface area (Å²) in [5.41, 5.74) is 0. The topological polar surface area (TPSA) is 132 Å². The molecule has 0 aromatic heterocycles. The van der Waals surface area contributed by atoms with Crippen molar-refractivity contribution >= 4 is 127 Å². The van der Waals surface area contributed by atoms with Gasteiger partial charge in [0.2, 0.25) is 0 Å². The molecule has 0 bridgehead atoms. The molecule has 0 N–H and O–H groups in total. The van der Waals surface area contributed by atoms with Crippen molar-refractivity contribution in [2.24, 2.45) is 0 Å². The van der Waals surface area contributed by atoms with Crippen LogP contribution in [0, 0.1) is 30.6 Å². The van der Waals surface area contributed by atoms with E-state index in [4.69, 9.17) is 30.6 Å². The Morgan fingerprint density at radius 2 is 0.679 bits per heavy atom. The summed E-state index contributed by atoms with van der Waals surface area (Å²) in [5, 5.41) is 37.3. The van der Waals surface area contributed by atoms with Crippen LogP contribution in [0.5, 0.6) is 0 Å². The summed E-state index contributed by atoms with van der Waals surface area (Å²) in [7, 11) is 0. The molecule has 4 aromatic rings. The number of hydrogen-bond acceptors (Lipinski definition) is 6. The van der Waals surface area contributed by atoms with Gasteiger partial charge in [0.25, 0.3) is 0 Å². The maximum Gasteiger partial charge on any atom is 2.00 e. The molecule has 132 valence electrons. The second-order valence-corrected chi connectivity index (χ2v) is 5.19. The molecule has 28 heavy (non-hydrogen) atoms. The molecule has 0 amide bonds. The second-order valence-electron chi connectivity index (χ2n) is 5.19. The van der Waals surface area contributed by atoms with Gasteiger partial charge in [-0.2, -0.15) is 0 Å². The first-order valence-corrected chi connectivity index (χ1v) is 7.31. The summed E-state index contributed by atoms with van der Waals surface area (Å²) in [6.07, 6.45) is 0. The van der Waals surface area contributed by atoms with Crippen LogP contribution < -0.4 is 0 Å². The minimum absolute atomic E-state index is 0. The number of rotatable bonds is 0. The van der Waals surface area contributed by atoms with Gasteiger partial charge in [0.15, 0.2) is 0 Å². The van der Waals surface area contributed by atoms with Crippen molar-refractivity contribution in [3.8, 4) is 0 Å². The van der Waals surface area contributed by atoms with Crippen LogP contribution in [-0.4, -0.2) is 105 Å². The van der Waals surface area contributed by atoms with Gasteiger partial charge in [0.05, 0.1) is 10.2 Å². The van der Waals surface area contributed by atoms with Gasteiger partial charge in [-0.25, -0.2) is 0 Å². The number of nitrogens with zero attached hydrogens (tertiary/aromatic N) is 2. The van der Waals surface area contributed by atoms with Gasteiger partial charge in [0, 0.05) is 0 Å². The van der Waals surface area contributed by atoms with Gasteiger partial charge in [-0.15, -0.1) is 0 Å². The van der Waals surface area contributed by atoms with E-state index in [2.05, 4.69) is 72.8 Å². The van der Waals surface area contributed by atoms with Gasteiger partial charge in [-0.1, -0.05) is 48.5 Å². The van der Waals surface area contributed by atoms with E-state index in [-0.39, 0.29) is 94.4 Å². The maximum absolute atomic E-state index is 8.25. The molecule has 0 aliphatic carbocycles. The molecular weight excluding hydrogens is 565 g/mol. The van der Waals surface area contributed by atoms with Crippen LogP contribution in [0.2, 0.25) is 0 Å². The summed E-state index contributed by atoms with van der Waals surface area (Å²) < 4.78 is 0. The summed E-state index contributed by atoms with van der Waals surface area (Å²) in [6, 6.07) is 26.2. The van der Waals surface area contributed by atoms with Gasteiger partial charge in [-0.05, 0) is 56.6 Å². The minimum Gasteiger partial charge on any atom is -0.356 e. The summed E-state index contributed by atoms with van der Waals surface area (Å²) in [5.74, 6) is 0. The monoisotopic (exact) mass is 578 g/mol. The third kappa shape index (κ3) is 8.64. The molecule has 4 aromatic carbocycles. The number of fused-ring (bicyclic) bond motifs is 3. The first-order valence-electron chi connectivity index (χ1n) is 7.31. The maximum atomic E-state index is 8.25. The second kappa shape index (κ2) is 13.4. The Hall–Kier alpha value is -0.888. The Bertz CT molecular complexity index is 929. The summed E-state index contributed by atoms with van der Waals surface area (Å²) in [4.78, 5) is 16.5. The molecule has 4 rings (SSSR count). The Balaban J connectivity index is 0.000000634. The first-order chi connectivity index (χ1) is 12.4. The molecule has 0 radical (unpaired) electrons. The van der Waals surface area contributed by atoms with Crippen molar-refractivity contribution in [1.29, 1.82) is 0 Å². The Labute approximate surface area is 236 Å². The third-order valence-corrected chi connectivity index (χ3v) is 3.57. The molecule has 0 heterocycles. The molecule has 8 nitrogen and oxygen atoms in total. The van der Waals surface area contributed by atoms with Crippen molar-refractivity contribution in [3.05, 3.63) is 103 Å². The number of hydrogen-bond donors (Lipinski definition) is 0. The van der Waals surface area contributed by atoms with Crippen molar-refractivity contribution in [2.45, 2.75) is 0 Å². The fourth-order valence-electron chi connectivity index (χ4n) is 2.63. The predicted molar refractivity (Wildman–Crippen MR) is 111 cm³/mol. The van der Waals surface area contributed by atoms with E-state index >= 15 is 0 Å². The van der Waals surface area contributed by atoms with Crippen molar-refractivity contribution in [1.82, 2.24) is 0 Å². The Morgan fingerprint density at radius 1 is 0.500 bits per heavy atom. The molecule has 0 saturated carbocycles. The van der Waals surface area contributed by atoms with E-state index in [1.807, 2.05) is 0 Å². The predicted octanol–water partition coefficient (Wildman–Crippen LogP) is 3.91. The van der Waals surface area contributed by atoms with Crippen molar-refractivity contribution in [2.75, 3.05) is 0 Å². The van der Waals surface area contributed by atoms with Crippen LogP contribution in [0.3, 0.4) is 0 Å². The average Bonchev–Trinajstić information content (AvgIpc) is 2.57. The Kier molecular flexibility index (Phi) is 12.9. The normalized spacial score (nSPS) is 9.00. The summed E-state index contributed by atoms with van der Waals surface area (Å²) >= 11 is 0. The van der Waals surface area contributed by atoms with E-state index < -0.39 is 10.2 Å². The van der Waals surface area contributed by atoms with E-state index in [0.717, 1.165) is 0 Å². The van der Waals surface area contributed by atoms with E-state index in [9.17, 15) is 0 Å². The fourth-order valence-corrected chi connectivity index (χ4v) is 2.63. The Morgan fingerprint density at radius 3 is 0.857 bits per heavy atom. The smallest absolute Gasteiger partial charge is 0.356 e. The van der Waals surface area contributed by atoms with E-state index in [0.29, 0.717) is 0 Å². The zero-order chi connectivity index (χ0) is 19.1. The first kappa shape index (κ1) is 27.1. The van der Waals surface area contributed by atoms with Crippen LogP contribution >= 0.6 is 0 Å². The zero-order valence-corrected chi connectivity index (χ0v) is 22.6. The molecular formula is C18H12BaN2O6Sr+2. The van der Waals surface area contributed by atoms with Gasteiger partial charge >= 0.3 is 94.4 Å². The van der Waals surface area contributed by atoms with Gasteiger partial charge in [0.1, 0.15) is 0 Å². The van der Waals surface area contributed by atoms with Crippen molar-refractivity contribution < 1.29 is 10.2 Å². The molecule has 0 fully saturated rings. The molecule has 0 aliphatic rings. The quantitative estimate of drug-likeness (QED) is 0.135. The van der Waals surface area contributed by atoms with Crippen LogP contribution in [0.15, 0.2) is 72.8 Å². The summed E-state index contributed by atoms with van der Waals surface area (Å²) in [6.45, 7) is 0. The van der Waals surface area contributed by atoms with Crippen LogP contribution in [0.4, 0.5) is 0 Å². The average molecular weight is 577 g/mol. The third-order valence-electron chi connectivity index (χ3n) is 3.57. The standard InChI is InChI=1S/C18H12.Ba.2NO3.Sr/c1-2-6-14-10-18-12-16-8-4-3-7-15(16)11-17(18)9-13(14)5-1;;2*2-1(3)4;/h1-12H;;;;/q;+2;2*-1;+2. The van der Waals surface area contributed by atoms with E-state index in [1.165, 1.54) is 32.3 Å². The van der Waals surface area contributed by atoms with Crippen LogP contribution in [-0.2, 0) is 0 Å². The van der Waals surface area contributed by atoms with Crippen LogP contribution in [0.25, 0.3) is 32.3 Å². The molecule has 0 saturated heterocycles. The molecule has 0 unspecified atom stereocenters. The minimum atomic E-state index is -1.75. The SMILES string of the molecule is O=[N+]([O-])[O-].O=[N+]([O-])[O-].[Ba+2].[Sr+2].c1ccc2cc3cc4ccccc4cc3cc2c1. The van der Waals surface area contributed by atoms with Crippen LogP contribution in [0.1, 0.15) is 0 Å². The van der Waals surface area contributed by atoms with Gasteiger partial charge < -0.3 is 30.6 Å². The largest absolute Gasteiger partial charge is 2.00 e. The van der Waals surface area contributed by atoms with Gasteiger partial charge in [-0.3, -0.25) is 0 Å².